The highest BCUT2D eigenvalue weighted by atomic mass is 19.3. The van der Waals surface area contributed by atoms with E-state index < -0.39 is 30.8 Å². The minimum atomic E-state index is -2.79. The first-order valence-electron chi connectivity index (χ1n) is 6.55. The number of rotatable bonds is 5. The lowest BCUT2D eigenvalue weighted by Crippen LogP contribution is -2.41. The Bertz CT molecular complexity index is 480. The molecule has 0 radical (unpaired) electrons. The van der Waals surface area contributed by atoms with Gasteiger partial charge in [0.2, 0.25) is 5.91 Å². The molecular weight excluding hydrogens is 266 g/mol. The number of ether oxygens (including phenoxy) is 1. The third-order valence-corrected chi connectivity index (χ3v) is 3.18. The number of benzene rings is 1. The van der Waals surface area contributed by atoms with Crippen LogP contribution in [0.5, 0.6) is 5.75 Å². The first-order chi connectivity index (χ1) is 9.48. The van der Waals surface area contributed by atoms with E-state index in [1.807, 2.05) is 31.2 Å². The number of carbonyl (C=O) groups is 1. The van der Waals surface area contributed by atoms with Crippen LogP contribution in [0.1, 0.15) is 12.0 Å². The summed E-state index contributed by atoms with van der Waals surface area (Å²) >= 11 is 0. The summed E-state index contributed by atoms with van der Waals surface area (Å²) in [5.41, 5.74) is 1.01. The molecule has 1 aliphatic rings. The average molecular weight is 284 g/mol. The van der Waals surface area contributed by atoms with Gasteiger partial charge in [0, 0.05) is 6.42 Å². The Balaban J connectivity index is 1.69. The number of amides is 1. The van der Waals surface area contributed by atoms with Crippen LogP contribution in [0.15, 0.2) is 24.3 Å². The maximum Gasteiger partial charge on any atom is 0.262 e. The number of para-hydroxylation sites is 1. The van der Waals surface area contributed by atoms with Crippen molar-refractivity contribution in [1.29, 1.82) is 0 Å². The fourth-order valence-electron chi connectivity index (χ4n) is 2.08. The molecule has 1 unspecified atom stereocenters. The molecule has 0 aliphatic carbocycles. The van der Waals surface area contributed by atoms with E-state index in [9.17, 15) is 13.6 Å². The third-order valence-electron chi connectivity index (χ3n) is 3.18. The van der Waals surface area contributed by atoms with E-state index in [1.165, 1.54) is 0 Å². The maximum absolute atomic E-state index is 12.9. The van der Waals surface area contributed by atoms with Crippen LogP contribution >= 0.6 is 0 Å². The molecule has 0 bridgehead atoms. The maximum atomic E-state index is 12.9. The van der Waals surface area contributed by atoms with Gasteiger partial charge in [-0.05, 0) is 18.6 Å². The lowest BCUT2D eigenvalue weighted by molar-refractivity contribution is -0.123. The summed E-state index contributed by atoms with van der Waals surface area (Å²) in [6.07, 6.45) is -0.447. The molecule has 0 spiro atoms. The number of alkyl halides is 2. The smallest absolute Gasteiger partial charge is 0.262 e. The molecule has 0 saturated carbocycles. The van der Waals surface area contributed by atoms with E-state index in [2.05, 4.69) is 10.6 Å². The molecule has 20 heavy (non-hydrogen) atoms. The van der Waals surface area contributed by atoms with Gasteiger partial charge in [0.1, 0.15) is 12.4 Å². The second-order valence-corrected chi connectivity index (χ2v) is 4.90. The zero-order valence-electron chi connectivity index (χ0n) is 11.3. The van der Waals surface area contributed by atoms with Gasteiger partial charge in [-0.1, -0.05) is 18.2 Å². The SMILES string of the molecule is Cc1ccccc1OCCNC(=O)C1CC(F)(F)CN1. The van der Waals surface area contributed by atoms with Crippen molar-refractivity contribution < 1.29 is 18.3 Å². The third kappa shape index (κ3) is 3.90. The lowest BCUT2D eigenvalue weighted by Gasteiger charge is -2.12. The van der Waals surface area contributed by atoms with E-state index in [0.717, 1.165) is 11.3 Å². The minimum absolute atomic E-state index is 0.289. The van der Waals surface area contributed by atoms with Crippen LogP contribution in [0.25, 0.3) is 0 Å². The zero-order chi connectivity index (χ0) is 14.6. The van der Waals surface area contributed by atoms with Gasteiger partial charge >= 0.3 is 0 Å². The van der Waals surface area contributed by atoms with E-state index in [0.29, 0.717) is 6.61 Å². The van der Waals surface area contributed by atoms with Gasteiger partial charge in [0.05, 0.1) is 19.1 Å². The Hall–Kier alpha value is -1.69. The quantitative estimate of drug-likeness (QED) is 0.805. The fraction of sp³-hybridized carbons (Fsp3) is 0.500. The molecule has 2 N–H and O–H groups in total. The molecule has 110 valence electrons. The Labute approximate surface area is 116 Å². The van der Waals surface area contributed by atoms with Crippen molar-refractivity contribution in [3.8, 4) is 5.75 Å². The largest absolute Gasteiger partial charge is 0.491 e. The standard InChI is InChI=1S/C14H18F2N2O2/c1-10-4-2-3-5-12(10)20-7-6-17-13(19)11-8-14(15,16)9-18-11/h2-5,11,18H,6-9H2,1H3,(H,17,19). The van der Waals surface area contributed by atoms with Gasteiger partial charge in [-0.25, -0.2) is 8.78 Å². The normalized spacial score (nSPS) is 20.6. The first-order valence-corrected chi connectivity index (χ1v) is 6.55. The number of aryl methyl sites for hydroxylation is 1. The Morgan fingerprint density at radius 2 is 2.25 bits per heavy atom. The summed E-state index contributed by atoms with van der Waals surface area (Å²) in [4.78, 5) is 11.6. The van der Waals surface area contributed by atoms with E-state index in [4.69, 9.17) is 4.74 Å². The second-order valence-electron chi connectivity index (χ2n) is 4.90. The van der Waals surface area contributed by atoms with Crippen LogP contribution < -0.4 is 15.4 Å². The van der Waals surface area contributed by atoms with Gasteiger partial charge in [-0.15, -0.1) is 0 Å². The van der Waals surface area contributed by atoms with Crippen molar-refractivity contribution in [2.24, 2.45) is 0 Å². The van der Waals surface area contributed by atoms with Gasteiger partial charge in [0.15, 0.2) is 0 Å². The molecule has 1 aromatic carbocycles. The molecule has 4 nitrogen and oxygen atoms in total. The molecule has 1 fully saturated rings. The summed E-state index contributed by atoms with van der Waals surface area (Å²) in [6, 6.07) is 6.74. The minimum Gasteiger partial charge on any atom is -0.491 e. The number of hydrogen-bond acceptors (Lipinski definition) is 3. The van der Waals surface area contributed by atoms with Crippen LogP contribution in [0, 0.1) is 6.92 Å². The van der Waals surface area contributed by atoms with Crippen molar-refractivity contribution in [3.05, 3.63) is 29.8 Å². The van der Waals surface area contributed by atoms with Crippen molar-refractivity contribution in [1.82, 2.24) is 10.6 Å². The molecule has 1 aliphatic heterocycles. The zero-order valence-corrected chi connectivity index (χ0v) is 11.3. The average Bonchev–Trinajstić information content (AvgIpc) is 2.77. The summed E-state index contributed by atoms with van der Waals surface area (Å²) in [6.45, 7) is 2.08. The summed E-state index contributed by atoms with van der Waals surface area (Å²) in [5.74, 6) is -2.44. The van der Waals surface area contributed by atoms with Crippen LogP contribution in [0.3, 0.4) is 0 Å². The number of hydrogen-bond donors (Lipinski definition) is 2. The van der Waals surface area contributed by atoms with Gasteiger partial charge in [0.25, 0.3) is 5.92 Å². The van der Waals surface area contributed by atoms with Crippen molar-refractivity contribution in [3.63, 3.8) is 0 Å². The molecule has 1 amide bonds. The molecule has 6 heteroatoms. The van der Waals surface area contributed by atoms with Gasteiger partial charge in [-0.3, -0.25) is 10.1 Å². The topological polar surface area (TPSA) is 50.4 Å². The van der Waals surface area contributed by atoms with Crippen molar-refractivity contribution in [2.75, 3.05) is 19.7 Å². The summed E-state index contributed by atoms with van der Waals surface area (Å²) in [7, 11) is 0. The summed E-state index contributed by atoms with van der Waals surface area (Å²) < 4.78 is 31.4. The van der Waals surface area contributed by atoms with Crippen LogP contribution in [0.4, 0.5) is 8.78 Å². The van der Waals surface area contributed by atoms with E-state index in [1.54, 1.807) is 0 Å². The lowest BCUT2D eigenvalue weighted by atomic mass is 10.2. The Morgan fingerprint density at radius 1 is 1.50 bits per heavy atom. The fourth-order valence-corrected chi connectivity index (χ4v) is 2.08. The van der Waals surface area contributed by atoms with Crippen LogP contribution in [0.2, 0.25) is 0 Å². The molecule has 1 atom stereocenters. The molecule has 0 aromatic heterocycles. The number of halogens is 2. The Morgan fingerprint density at radius 3 is 2.90 bits per heavy atom. The number of nitrogens with one attached hydrogen (secondary N) is 2. The van der Waals surface area contributed by atoms with Crippen LogP contribution in [-0.2, 0) is 4.79 Å². The molecule has 1 aromatic rings. The number of carbonyl (C=O) groups excluding carboxylic acids is 1. The predicted octanol–water partition coefficient (Wildman–Crippen LogP) is 1.49. The monoisotopic (exact) mass is 284 g/mol. The van der Waals surface area contributed by atoms with Gasteiger partial charge < -0.3 is 10.1 Å². The highest BCUT2D eigenvalue weighted by Crippen LogP contribution is 2.24. The van der Waals surface area contributed by atoms with Crippen molar-refractivity contribution in [2.45, 2.75) is 25.3 Å². The molecule has 2 rings (SSSR count). The van der Waals surface area contributed by atoms with E-state index >= 15 is 0 Å². The molecule has 1 heterocycles. The molecule has 1 saturated heterocycles. The second kappa shape index (κ2) is 6.17. The predicted molar refractivity (Wildman–Crippen MR) is 71.0 cm³/mol. The highest BCUT2D eigenvalue weighted by molar-refractivity contribution is 5.82. The van der Waals surface area contributed by atoms with Gasteiger partial charge in [-0.2, -0.15) is 0 Å². The highest BCUT2D eigenvalue weighted by Gasteiger charge is 2.42. The van der Waals surface area contributed by atoms with Crippen LogP contribution in [-0.4, -0.2) is 37.6 Å². The van der Waals surface area contributed by atoms with E-state index in [-0.39, 0.29) is 6.54 Å². The first kappa shape index (κ1) is 14.7. The molecular formula is C14H18F2N2O2. The Kier molecular flexibility index (Phi) is 4.54. The summed E-state index contributed by atoms with van der Waals surface area (Å²) in [5, 5.41) is 5.10. The van der Waals surface area contributed by atoms with Crippen molar-refractivity contribution >= 4 is 5.91 Å².